The molecule has 0 unspecified atom stereocenters. The van der Waals surface area contributed by atoms with Crippen molar-refractivity contribution < 1.29 is 9.18 Å². The van der Waals surface area contributed by atoms with Gasteiger partial charge in [0.2, 0.25) is 0 Å². The van der Waals surface area contributed by atoms with E-state index < -0.39 is 0 Å². The summed E-state index contributed by atoms with van der Waals surface area (Å²) in [7, 11) is 0. The Morgan fingerprint density at radius 3 is 2.94 bits per heavy atom. The second kappa shape index (κ2) is 5.23. The highest BCUT2D eigenvalue weighted by molar-refractivity contribution is 7.98. The van der Waals surface area contributed by atoms with Crippen molar-refractivity contribution in [3.63, 3.8) is 0 Å². The van der Waals surface area contributed by atoms with Crippen molar-refractivity contribution in [1.29, 1.82) is 0 Å². The van der Waals surface area contributed by atoms with Gasteiger partial charge in [-0.2, -0.15) is 0 Å². The first-order valence-electron chi connectivity index (χ1n) is 4.57. The number of hydrogen-bond donors (Lipinski definition) is 0. The predicted molar refractivity (Wildman–Crippen MR) is 63.5 cm³/mol. The van der Waals surface area contributed by atoms with E-state index in [1.54, 1.807) is 18.2 Å². The normalized spacial score (nSPS) is 10.3. The van der Waals surface area contributed by atoms with Gasteiger partial charge in [-0.15, -0.1) is 23.1 Å². The third-order valence-corrected chi connectivity index (χ3v) is 4.04. The van der Waals surface area contributed by atoms with Gasteiger partial charge in [0.05, 0.1) is 10.6 Å². The van der Waals surface area contributed by atoms with Crippen LogP contribution < -0.4 is 0 Å². The second-order valence-electron chi connectivity index (χ2n) is 2.99. The molecular weight excluding hydrogens is 245 g/mol. The molecule has 0 aliphatic carbocycles. The van der Waals surface area contributed by atoms with E-state index in [1.165, 1.54) is 35.4 Å². The molecule has 0 bridgehead atoms. The maximum atomic E-state index is 13.3. The van der Waals surface area contributed by atoms with Gasteiger partial charge in [-0.3, -0.25) is 4.79 Å². The van der Waals surface area contributed by atoms with Gasteiger partial charge >= 0.3 is 0 Å². The third-order valence-electron chi connectivity index (χ3n) is 1.88. The van der Waals surface area contributed by atoms with E-state index in [4.69, 9.17) is 0 Å². The number of rotatable bonds is 4. The van der Waals surface area contributed by atoms with Crippen LogP contribution in [0.4, 0.5) is 4.39 Å². The van der Waals surface area contributed by atoms with Gasteiger partial charge in [-0.1, -0.05) is 12.1 Å². The molecule has 82 valence electrons. The summed E-state index contributed by atoms with van der Waals surface area (Å²) in [6.07, 6.45) is 2.31. The monoisotopic (exact) mass is 253 g/mol. The zero-order valence-electron chi connectivity index (χ0n) is 8.22. The van der Waals surface area contributed by atoms with Crippen molar-refractivity contribution in [2.75, 3.05) is 0 Å². The number of thiazole rings is 1. The van der Waals surface area contributed by atoms with E-state index in [0.717, 1.165) is 11.3 Å². The smallest absolute Gasteiger partial charge is 0.161 e. The van der Waals surface area contributed by atoms with Crippen molar-refractivity contribution in [1.82, 2.24) is 4.98 Å². The van der Waals surface area contributed by atoms with Crippen LogP contribution in [0.1, 0.15) is 14.7 Å². The average molecular weight is 253 g/mol. The molecule has 1 heterocycles. The maximum absolute atomic E-state index is 13.3. The Hall–Kier alpha value is -1.20. The van der Waals surface area contributed by atoms with E-state index in [2.05, 4.69) is 4.98 Å². The molecule has 16 heavy (non-hydrogen) atoms. The molecule has 2 nitrogen and oxygen atoms in total. The quantitative estimate of drug-likeness (QED) is 0.618. The van der Waals surface area contributed by atoms with Crippen molar-refractivity contribution in [3.8, 4) is 0 Å². The summed E-state index contributed by atoms with van der Waals surface area (Å²) in [4.78, 5) is 15.7. The topological polar surface area (TPSA) is 30.0 Å². The lowest BCUT2D eigenvalue weighted by atomic mass is 10.3. The van der Waals surface area contributed by atoms with Gasteiger partial charge in [0.1, 0.15) is 10.8 Å². The number of benzene rings is 1. The fourth-order valence-electron chi connectivity index (χ4n) is 1.15. The molecule has 0 spiro atoms. The largest absolute Gasteiger partial charge is 0.297 e. The molecule has 0 aliphatic rings. The first-order chi connectivity index (χ1) is 7.79. The number of hydrogen-bond acceptors (Lipinski definition) is 4. The van der Waals surface area contributed by atoms with Crippen molar-refractivity contribution in [2.45, 2.75) is 10.6 Å². The van der Waals surface area contributed by atoms with Gasteiger partial charge in [-0.05, 0) is 12.1 Å². The number of carbonyl (C=O) groups excluding carboxylic acids is 1. The summed E-state index contributed by atoms with van der Waals surface area (Å²) in [5.41, 5.74) is 0. The summed E-state index contributed by atoms with van der Waals surface area (Å²) in [5, 5.41) is 0.829. The van der Waals surface area contributed by atoms with E-state index in [9.17, 15) is 9.18 Å². The summed E-state index contributed by atoms with van der Waals surface area (Å²) >= 11 is 2.72. The maximum Gasteiger partial charge on any atom is 0.161 e. The number of halogens is 1. The Balaban J connectivity index is 2.02. The van der Waals surface area contributed by atoms with Crippen LogP contribution in [0.15, 0.2) is 35.4 Å². The van der Waals surface area contributed by atoms with Crippen molar-refractivity contribution >= 4 is 29.4 Å². The molecule has 0 aliphatic heterocycles. The van der Waals surface area contributed by atoms with Crippen LogP contribution in [-0.2, 0) is 5.75 Å². The summed E-state index contributed by atoms with van der Waals surface area (Å²) < 4.78 is 13.3. The van der Waals surface area contributed by atoms with Gasteiger partial charge in [0.15, 0.2) is 6.29 Å². The number of nitrogens with zero attached hydrogens (tertiary/aromatic N) is 1. The van der Waals surface area contributed by atoms with E-state index in [1.807, 2.05) is 0 Å². The number of aromatic nitrogens is 1. The Kier molecular flexibility index (Phi) is 3.69. The molecule has 0 saturated carbocycles. The molecule has 0 fully saturated rings. The fourth-order valence-corrected chi connectivity index (χ4v) is 2.82. The molecule has 2 aromatic rings. The van der Waals surface area contributed by atoms with Crippen LogP contribution >= 0.6 is 23.1 Å². The van der Waals surface area contributed by atoms with Crippen LogP contribution in [0.3, 0.4) is 0 Å². The van der Waals surface area contributed by atoms with Crippen molar-refractivity contribution in [3.05, 3.63) is 46.2 Å². The average Bonchev–Trinajstić information content (AvgIpc) is 2.76. The lowest BCUT2D eigenvalue weighted by Crippen LogP contribution is -1.81. The molecular formula is C11H8FNOS2. The highest BCUT2D eigenvalue weighted by Crippen LogP contribution is 2.26. The molecule has 0 radical (unpaired) electrons. The predicted octanol–water partition coefficient (Wildman–Crippen LogP) is 3.39. The Morgan fingerprint density at radius 2 is 2.25 bits per heavy atom. The van der Waals surface area contributed by atoms with Crippen LogP contribution in [-0.4, -0.2) is 11.3 Å². The van der Waals surface area contributed by atoms with Crippen LogP contribution in [0, 0.1) is 5.82 Å². The molecule has 0 atom stereocenters. The van der Waals surface area contributed by atoms with Crippen LogP contribution in [0.5, 0.6) is 0 Å². The summed E-state index contributed by atoms with van der Waals surface area (Å²) in [5.74, 6) is 0.360. The molecule has 0 amide bonds. The van der Waals surface area contributed by atoms with Crippen LogP contribution in [0.2, 0.25) is 0 Å². The molecule has 0 N–H and O–H groups in total. The van der Waals surface area contributed by atoms with Crippen LogP contribution in [0.25, 0.3) is 0 Å². The third kappa shape index (κ3) is 2.68. The minimum absolute atomic E-state index is 0.223. The lowest BCUT2D eigenvalue weighted by molar-refractivity contribution is 0.112. The first-order valence-corrected chi connectivity index (χ1v) is 6.37. The Morgan fingerprint density at radius 1 is 1.44 bits per heavy atom. The van der Waals surface area contributed by atoms with Gasteiger partial charge in [0.25, 0.3) is 0 Å². The summed E-state index contributed by atoms with van der Waals surface area (Å²) in [6.45, 7) is 0. The van der Waals surface area contributed by atoms with Gasteiger partial charge < -0.3 is 0 Å². The lowest BCUT2D eigenvalue weighted by Gasteiger charge is -1.99. The van der Waals surface area contributed by atoms with E-state index in [0.29, 0.717) is 15.5 Å². The highest BCUT2D eigenvalue weighted by atomic mass is 32.2. The molecule has 2 rings (SSSR count). The Bertz CT molecular complexity index is 498. The number of thioether (sulfide) groups is 1. The second-order valence-corrected chi connectivity index (χ2v) is 5.16. The zero-order chi connectivity index (χ0) is 11.4. The van der Waals surface area contributed by atoms with Crippen molar-refractivity contribution in [2.24, 2.45) is 0 Å². The molecule has 0 saturated heterocycles. The number of aldehydes is 1. The SMILES string of the molecule is O=Cc1cnc(CSc2ccccc2F)s1. The zero-order valence-corrected chi connectivity index (χ0v) is 9.85. The number of carbonyl (C=O) groups is 1. The molecule has 1 aromatic heterocycles. The summed E-state index contributed by atoms with van der Waals surface area (Å²) in [6, 6.07) is 6.62. The fraction of sp³-hybridized carbons (Fsp3) is 0.0909. The Labute approximate surface area is 101 Å². The molecule has 1 aromatic carbocycles. The van der Waals surface area contributed by atoms with Gasteiger partial charge in [0, 0.05) is 11.1 Å². The standard InChI is InChI=1S/C11H8FNOS2/c12-9-3-1-2-4-10(9)15-7-11-13-5-8(6-14)16-11/h1-6H,7H2. The highest BCUT2D eigenvalue weighted by Gasteiger charge is 2.05. The minimum atomic E-state index is -0.223. The van der Waals surface area contributed by atoms with E-state index >= 15 is 0 Å². The minimum Gasteiger partial charge on any atom is -0.297 e. The van der Waals surface area contributed by atoms with Gasteiger partial charge in [-0.25, -0.2) is 9.37 Å². The van der Waals surface area contributed by atoms with E-state index in [-0.39, 0.29) is 5.82 Å². The first kappa shape index (κ1) is 11.3. The molecule has 5 heteroatoms.